The van der Waals surface area contributed by atoms with E-state index in [2.05, 4.69) is 5.32 Å². The van der Waals surface area contributed by atoms with E-state index in [9.17, 15) is 13.2 Å². The lowest BCUT2D eigenvalue weighted by molar-refractivity contribution is -0.114. The number of anilines is 2. The highest BCUT2D eigenvalue weighted by Gasteiger charge is 2.20. The number of hydrogen-bond donors (Lipinski definition) is 1. The molecule has 0 heterocycles. The third kappa shape index (κ3) is 5.65. The summed E-state index contributed by atoms with van der Waals surface area (Å²) in [6.07, 6.45) is 1.05. The minimum absolute atomic E-state index is 0.340. The molecule has 0 spiro atoms. The molecule has 134 valence electrons. The third-order valence-electron chi connectivity index (χ3n) is 3.25. The Morgan fingerprint density at radius 1 is 1.12 bits per heavy atom. The second-order valence-corrected chi connectivity index (χ2v) is 7.59. The summed E-state index contributed by atoms with van der Waals surface area (Å²) in [6.45, 7) is 2.09. The monoisotopic (exact) mass is 382 g/mol. The SMILES string of the molecule is CCOc1ccc(NC(=O)CN(c2ccc(Cl)cc2)S(C)(=O)=O)cc1. The number of rotatable bonds is 7. The van der Waals surface area contributed by atoms with E-state index in [-0.39, 0.29) is 6.54 Å². The number of nitrogens with one attached hydrogen (secondary N) is 1. The predicted octanol–water partition coefficient (Wildman–Crippen LogP) is 3.14. The van der Waals surface area contributed by atoms with Gasteiger partial charge in [-0.05, 0) is 55.5 Å². The molecule has 6 nitrogen and oxygen atoms in total. The van der Waals surface area contributed by atoms with Crippen LogP contribution in [0.3, 0.4) is 0 Å². The second-order valence-electron chi connectivity index (χ2n) is 5.25. The fraction of sp³-hybridized carbons (Fsp3) is 0.235. The van der Waals surface area contributed by atoms with Gasteiger partial charge in [-0.3, -0.25) is 9.10 Å². The van der Waals surface area contributed by atoms with Crippen LogP contribution >= 0.6 is 11.6 Å². The lowest BCUT2D eigenvalue weighted by Crippen LogP contribution is -2.37. The molecular formula is C17H19ClN2O4S. The molecule has 0 saturated carbocycles. The van der Waals surface area contributed by atoms with Crippen molar-refractivity contribution in [2.75, 3.05) is 29.0 Å². The minimum atomic E-state index is -3.62. The van der Waals surface area contributed by atoms with Crippen LogP contribution in [0.4, 0.5) is 11.4 Å². The van der Waals surface area contributed by atoms with E-state index in [1.165, 1.54) is 0 Å². The van der Waals surface area contributed by atoms with E-state index in [1.54, 1.807) is 48.5 Å². The Morgan fingerprint density at radius 3 is 2.24 bits per heavy atom. The van der Waals surface area contributed by atoms with Gasteiger partial charge < -0.3 is 10.1 Å². The summed E-state index contributed by atoms with van der Waals surface area (Å²) in [4.78, 5) is 12.2. The van der Waals surface area contributed by atoms with Crippen molar-refractivity contribution in [2.45, 2.75) is 6.92 Å². The van der Waals surface area contributed by atoms with Gasteiger partial charge in [0.15, 0.2) is 0 Å². The van der Waals surface area contributed by atoms with Gasteiger partial charge >= 0.3 is 0 Å². The molecular weight excluding hydrogens is 364 g/mol. The molecule has 0 fully saturated rings. The molecule has 0 aliphatic rings. The molecule has 25 heavy (non-hydrogen) atoms. The van der Waals surface area contributed by atoms with Crippen LogP contribution in [0.5, 0.6) is 5.75 Å². The van der Waals surface area contributed by atoms with Crippen LogP contribution in [0.2, 0.25) is 5.02 Å². The molecule has 0 aromatic heterocycles. The first kappa shape index (κ1) is 19.1. The molecule has 0 aliphatic heterocycles. The van der Waals surface area contributed by atoms with Gasteiger partial charge in [-0.25, -0.2) is 8.42 Å². The summed E-state index contributed by atoms with van der Waals surface area (Å²) in [5, 5.41) is 3.15. The van der Waals surface area contributed by atoms with Crippen LogP contribution in [-0.2, 0) is 14.8 Å². The summed E-state index contributed by atoms with van der Waals surface area (Å²) < 4.78 is 30.4. The number of sulfonamides is 1. The Labute approximate surface area is 152 Å². The van der Waals surface area contributed by atoms with Crippen LogP contribution in [0, 0.1) is 0 Å². The maximum Gasteiger partial charge on any atom is 0.245 e. The fourth-order valence-electron chi connectivity index (χ4n) is 2.14. The van der Waals surface area contributed by atoms with Crippen LogP contribution in [0.25, 0.3) is 0 Å². The van der Waals surface area contributed by atoms with Gasteiger partial charge in [0.05, 0.1) is 18.6 Å². The largest absolute Gasteiger partial charge is 0.494 e. The van der Waals surface area contributed by atoms with Crippen LogP contribution in [0.1, 0.15) is 6.92 Å². The van der Waals surface area contributed by atoms with E-state index in [1.807, 2.05) is 6.92 Å². The highest BCUT2D eigenvalue weighted by atomic mass is 35.5. The Hall–Kier alpha value is -2.25. The summed E-state index contributed by atoms with van der Waals surface area (Å²) in [5.41, 5.74) is 0.923. The number of carbonyl (C=O) groups is 1. The van der Waals surface area contributed by atoms with Gasteiger partial charge in [0, 0.05) is 10.7 Å². The van der Waals surface area contributed by atoms with Gasteiger partial charge in [-0.1, -0.05) is 11.6 Å². The first-order chi connectivity index (χ1) is 11.8. The number of benzene rings is 2. The molecule has 2 rings (SSSR count). The topological polar surface area (TPSA) is 75.7 Å². The second kappa shape index (κ2) is 8.22. The van der Waals surface area contributed by atoms with Crippen LogP contribution in [0.15, 0.2) is 48.5 Å². The van der Waals surface area contributed by atoms with E-state index in [4.69, 9.17) is 16.3 Å². The van der Waals surface area contributed by atoms with E-state index < -0.39 is 15.9 Å². The lowest BCUT2D eigenvalue weighted by Gasteiger charge is -2.22. The maximum absolute atomic E-state index is 12.2. The molecule has 1 amide bonds. The highest BCUT2D eigenvalue weighted by Crippen LogP contribution is 2.21. The van der Waals surface area contributed by atoms with Gasteiger partial charge in [0.2, 0.25) is 15.9 Å². The number of amides is 1. The lowest BCUT2D eigenvalue weighted by atomic mass is 10.3. The number of halogens is 1. The number of carbonyl (C=O) groups excluding carboxylic acids is 1. The van der Waals surface area contributed by atoms with E-state index >= 15 is 0 Å². The van der Waals surface area contributed by atoms with Crippen molar-refractivity contribution in [3.05, 3.63) is 53.6 Å². The predicted molar refractivity (Wildman–Crippen MR) is 99.9 cm³/mol. The van der Waals surface area contributed by atoms with Crippen molar-refractivity contribution in [1.29, 1.82) is 0 Å². The first-order valence-corrected chi connectivity index (χ1v) is 9.78. The van der Waals surface area contributed by atoms with Gasteiger partial charge in [-0.15, -0.1) is 0 Å². The standard InChI is InChI=1S/C17H19ClN2O4S/c1-3-24-16-10-6-14(7-11-16)19-17(21)12-20(25(2,22)23)15-8-4-13(18)5-9-15/h4-11H,3,12H2,1-2H3,(H,19,21). The van der Waals surface area contributed by atoms with Crippen molar-refractivity contribution in [3.63, 3.8) is 0 Å². The van der Waals surface area contributed by atoms with Crippen molar-refractivity contribution in [1.82, 2.24) is 0 Å². The third-order valence-corrected chi connectivity index (χ3v) is 4.64. The molecule has 2 aromatic carbocycles. The molecule has 2 aromatic rings. The average Bonchev–Trinajstić information content (AvgIpc) is 2.55. The van der Waals surface area contributed by atoms with E-state index in [0.29, 0.717) is 28.8 Å². The van der Waals surface area contributed by atoms with Crippen LogP contribution < -0.4 is 14.4 Å². The molecule has 0 saturated heterocycles. The molecule has 1 N–H and O–H groups in total. The fourth-order valence-corrected chi connectivity index (χ4v) is 3.12. The van der Waals surface area contributed by atoms with Gasteiger partial charge in [-0.2, -0.15) is 0 Å². The summed E-state index contributed by atoms with van der Waals surface area (Å²) in [7, 11) is -3.62. The zero-order valence-electron chi connectivity index (χ0n) is 13.9. The molecule has 0 bridgehead atoms. The molecule has 0 aliphatic carbocycles. The normalized spacial score (nSPS) is 11.0. The minimum Gasteiger partial charge on any atom is -0.494 e. The zero-order valence-corrected chi connectivity index (χ0v) is 15.5. The van der Waals surface area contributed by atoms with Crippen LogP contribution in [-0.4, -0.2) is 33.7 Å². The summed E-state index contributed by atoms with van der Waals surface area (Å²) in [6, 6.07) is 13.1. The van der Waals surface area contributed by atoms with Gasteiger partial charge in [0.1, 0.15) is 12.3 Å². The summed E-state index contributed by atoms with van der Waals surface area (Å²) >= 11 is 5.82. The highest BCUT2D eigenvalue weighted by molar-refractivity contribution is 7.92. The Bertz CT molecular complexity index is 821. The van der Waals surface area contributed by atoms with E-state index in [0.717, 1.165) is 10.6 Å². The summed E-state index contributed by atoms with van der Waals surface area (Å²) in [5.74, 6) is 0.240. The Morgan fingerprint density at radius 2 is 1.72 bits per heavy atom. The molecule has 0 radical (unpaired) electrons. The molecule has 0 atom stereocenters. The molecule has 8 heteroatoms. The van der Waals surface area contributed by atoms with Gasteiger partial charge in [0.25, 0.3) is 0 Å². The maximum atomic E-state index is 12.2. The van der Waals surface area contributed by atoms with Crippen molar-refractivity contribution in [3.8, 4) is 5.75 Å². The quantitative estimate of drug-likeness (QED) is 0.798. The van der Waals surface area contributed by atoms with Crippen molar-refractivity contribution >= 4 is 38.9 Å². The smallest absolute Gasteiger partial charge is 0.245 e. The Kier molecular flexibility index (Phi) is 6.27. The number of ether oxygens (including phenoxy) is 1. The first-order valence-electron chi connectivity index (χ1n) is 7.55. The number of hydrogen-bond acceptors (Lipinski definition) is 4. The number of nitrogens with zero attached hydrogens (tertiary/aromatic N) is 1. The average molecular weight is 383 g/mol. The Balaban J connectivity index is 2.10. The van der Waals surface area contributed by atoms with Crippen molar-refractivity contribution < 1.29 is 17.9 Å². The zero-order chi connectivity index (χ0) is 18.4. The molecule has 0 unspecified atom stereocenters. The van der Waals surface area contributed by atoms with Crippen molar-refractivity contribution in [2.24, 2.45) is 0 Å².